The Bertz CT molecular complexity index is 473. The van der Waals surface area contributed by atoms with E-state index in [0.29, 0.717) is 24.3 Å². The summed E-state index contributed by atoms with van der Waals surface area (Å²) in [6.07, 6.45) is 4.61. The van der Waals surface area contributed by atoms with Crippen LogP contribution in [0, 0.1) is 18.3 Å². The average molecular weight is 273 g/mol. The number of hydrogen-bond donors (Lipinski definition) is 2. The summed E-state index contributed by atoms with van der Waals surface area (Å²) in [5.41, 5.74) is 8.59. The molecule has 0 aromatic heterocycles. The normalized spacial score (nSPS) is 22.2. The number of aryl methyl sites for hydroxylation is 1. The summed E-state index contributed by atoms with van der Waals surface area (Å²) in [4.78, 5) is 0. The quantitative estimate of drug-likeness (QED) is 0.809. The molecule has 0 saturated heterocycles. The fourth-order valence-corrected chi connectivity index (χ4v) is 2.57. The predicted octanol–water partition coefficient (Wildman–Crippen LogP) is 2.57. The van der Waals surface area contributed by atoms with E-state index in [4.69, 9.17) is 15.7 Å². The monoisotopic (exact) mass is 273 g/mol. The lowest BCUT2D eigenvalue weighted by Crippen LogP contribution is -2.31. The third kappa shape index (κ3) is 4.22. The van der Waals surface area contributed by atoms with Crippen LogP contribution in [0.5, 0.6) is 0 Å². The number of ether oxygens (including phenoxy) is 1. The molecule has 1 aliphatic carbocycles. The third-order valence-electron chi connectivity index (χ3n) is 3.79. The number of nitrogens with two attached hydrogens (primary N) is 1. The minimum atomic E-state index is 0.351. The first kappa shape index (κ1) is 14.8. The Hall–Kier alpha value is -1.57. The van der Waals surface area contributed by atoms with Crippen molar-refractivity contribution in [3.05, 3.63) is 29.3 Å². The zero-order chi connectivity index (χ0) is 14.4. The Morgan fingerprint density at radius 3 is 2.80 bits per heavy atom. The summed E-state index contributed by atoms with van der Waals surface area (Å²) >= 11 is 0. The molecule has 4 nitrogen and oxygen atoms in total. The van der Waals surface area contributed by atoms with Gasteiger partial charge in [0, 0.05) is 12.6 Å². The molecule has 20 heavy (non-hydrogen) atoms. The van der Waals surface area contributed by atoms with Gasteiger partial charge in [-0.2, -0.15) is 5.26 Å². The maximum Gasteiger partial charge on any atom is 0.101 e. The molecule has 0 aliphatic heterocycles. The van der Waals surface area contributed by atoms with Gasteiger partial charge in [0.2, 0.25) is 0 Å². The lowest BCUT2D eigenvalue weighted by Gasteiger charge is -2.26. The summed E-state index contributed by atoms with van der Waals surface area (Å²) in [6.45, 7) is 3.41. The second kappa shape index (κ2) is 7.28. The van der Waals surface area contributed by atoms with Crippen molar-refractivity contribution < 1.29 is 4.74 Å². The molecule has 1 fully saturated rings. The molecule has 0 heterocycles. The molecule has 2 rings (SSSR count). The maximum atomic E-state index is 9.06. The molecule has 0 spiro atoms. The molecular formula is C16H23N3O. The van der Waals surface area contributed by atoms with Gasteiger partial charge in [0.15, 0.2) is 0 Å². The topological polar surface area (TPSA) is 71.1 Å². The highest BCUT2D eigenvalue weighted by Gasteiger charge is 2.18. The van der Waals surface area contributed by atoms with E-state index in [0.717, 1.165) is 43.5 Å². The van der Waals surface area contributed by atoms with Gasteiger partial charge >= 0.3 is 0 Å². The van der Waals surface area contributed by atoms with Crippen LogP contribution in [0.1, 0.15) is 36.8 Å². The summed E-state index contributed by atoms with van der Waals surface area (Å²) in [5.74, 6) is 0. The van der Waals surface area contributed by atoms with E-state index in [1.165, 1.54) is 0 Å². The number of hydrogen-bond acceptors (Lipinski definition) is 4. The number of benzene rings is 1. The molecule has 1 aromatic rings. The number of nitriles is 1. The standard InChI is InChI=1S/C16H23N3O/c1-12-2-3-13(11-17)16(10-12)19-8-9-20-15-6-4-14(18)5-7-15/h2-3,10,14-15,19H,4-9,18H2,1H3. The SMILES string of the molecule is Cc1ccc(C#N)c(NCCOC2CCC(N)CC2)c1. The molecule has 0 amide bonds. The van der Waals surface area contributed by atoms with Gasteiger partial charge in [-0.05, 0) is 50.3 Å². The first-order valence-electron chi connectivity index (χ1n) is 7.31. The van der Waals surface area contributed by atoms with Crippen molar-refractivity contribution in [1.82, 2.24) is 0 Å². The molecule has 4 heteroatoms. The first-order chi connectivity index (χ1) is 9.69. The third-order valence-corrected chi connectivity index (χ3v) is 3.79. The van der Waals surface area contributed by atoms with Gasteiger partial charge < -0.3 is 15.8 Å². The molecule has 0 radical (unpaired) electrons. The van der Waals surface area contributed by atoms with Crippen molar-refractivity contribution in [2.75, 3.05) is 18.5 Å². The van der Waals surface area contributed by atoms with Crippen molar-refractivity contribution >= 4 is 5.69 Å². The number of rotatable bonds is 5. The highest BCUT2D eigenvalue weighted by atomic mass is 16.5. The van der Waals surface area contributed by atoms with Crippen LogP contribution in [0.4, 0.5) is 5.69 Å². The number of anilines is 1. The van der Waals surface area contributed by atoms with Crippen LogP contribution in [-0.2, 0) is 4.74 Å². The molecular weight excluding hydrogens is 250 g/mol. The molecule has 1 saturated carbocycles. The molecule has 0 unspecified atom stereocenters. The van der Waals surface area contributed by atoms with Crippen LogP contribution in [0.3, 0.4) is 0 Å². The number of nitrogens with zero attached hydrogens (tertiary/aromatic N) is 1. The van der Waals surface area contributed by atoms with Gasteiger partial charge in [-0.1, -0.05) is 6.07 Å². The second-order valence-electron chi connectivity index (χ2n) is 5.50. The minimum absolute atomic E-state index is 0.351. The van der Waals surface area contributed by atoms with Crippen molar-refractivity contribution in [2.24, 2.45) is 5.73 Å². The summed E-state index contributed by atoms with van der Waals surface area (Å²) in [6, 6.07) is 8.36. The van der Waals surface area contributed by atoms with Crippen LogP contribution < -0.4 is 11.1 Å². The van der Waals surface area contributed by atoms with Crippen LogP contribution in [0.25, 0.3) is 0 Å². The van der Waals surface area contributed by atoms with Crippen LogP contribution in [-0.4, -0.2) is 25.3 Å². The molecule has 0 bridgehead atoms. The first-order valence-corrected chi connectivity index (χ1v) is 7.31. The largest absolute Gasteiger partial charge is 0.382 e. The fourth-order valence-electron chi connectivity index (χ4n) is 2.57. The van der Waals surface area contributed by atoms with Crippen molar-refractivity contribution in [3.8, 4) is 6.07 Å². The highest BCUT2D eigenvalue weighted by Crippen LogP contribution is 2.20. The van der Waals surface area contributed by atoms with E-state index < -0.39 is 0 Å². The van der Waals surface area contributed by atoms with Gasteiger partial charge in [0.1, 0.15) is 6.07 Å². The molecule has 0 atom stereocenters. The van der Waals surface area contributed by atoms with Gasteiger partial charge in [-0.15, -0.1) is 0 Å². The summed E-state index contributed by atoms with van der Waals surface area (Å²) in [5, 5.41) is 12.3. The Labute approximate surface area is 120 Å². The molecule has 1 aliphatic rings. The van der Waals surface area contributed by atoms with Gasteiger partial charge in [-0.3, -0.25) is 0 Å². The Balaban J connectivity index is 1.73. The van der Waals surface area contributed by atoms with Gasteiger partial charge in [-0.25, -0.2) is 0 Å². The van der Waals surface area contributed by atoms with Gasteiger partial charge in [0.05, 0.1) is 24.0 Å². The lowest BCUT2D eigenvalue weighted by atomic mass is 9.94. The predicted molar refractivity (Wildman–Crippen MR) is 80.6 cm³/mol. The van der Waals surface area contributed by atoms with E-state index in [-0.39, 0.29) is 0 Å². The Kier molecular flexibility index (Phi) is 5.40. The second-order valence-corrected chi connectivity index (χ2v) is 5.50. The van der Waals surface area contributed by atoms with E-state index in [1.807, 2.05) is 25.1 Å². The maximum absolute atomic E-state index is 9.06. The molecule has 3 N–H and O–H groups in total. The van der Waals surface area contributed by atoms with Gasteiger partial charge in [0.25, 0.3) is 0 Å². The fraction of sp³-hybridized carbons (Fsp3) is 0.562. The highest BCUT2D eigenvalue weighted by molar-refractivity contribution is 5.58. The Morgan fingerprint density at radius 2 is 2.10 bits per heavy atom. The van der Waals surface area contributed by atoms with E-state index in [1.54, 1.807) is 0 Å². The van der Waals surface area contributed by atoms with E-state index >= 15 is 0 Å². The zero-order valence-electron chi connectivity index (χ0n) is 12.1. The zero-order valence-corrected chi connectivity index (χ0v) is 12.1. The smallest absolute Gasteiger partial charge is 0.101 e. The van der Waals surface area contributed by atoms with Crippen LogP contribution in [0.2, 0.25) is 0 Å². The van der Waals surface area contributed by atoms with Crippen LogP contribution >= 0.6 is 0 Å². The Morgan fingerprint density at radius 1 is 1.35 bits per heavy atom. The van der Waals surface area contributed by atoms with Crippen molar-refractivity contribution in [2.45, 2.75) is 44.8 Å². The summed E-state index contributed by atoms with van der Waals surface area (Å²) < 4.78 is 5.86. The van der Waals surface area contributed by atoms with E-state index in [9.17, 15) is 0 Å². The molecule has 108 valence electrons. The average Bonchev–Trinajstić information content (AvgIpc) is 2.46. The van der Waals surface area contributed by atoms with Crippen molar-refractivity contribution in [1.29, 1.82) is 5.26 Å². The van der Waals surface area contributed by atoms with Crippen LogP contribution in [0.15, 0.2) is 18.2 Å². The lowest BCUT2D eigenvalue weighted by molar-refractivity contribution is 0.0313. The molecule has 1 aromatic carbocycles. The van der Waals surface area contributed by atoms with Crippen molar-refractivity contribution in [3.63, 3.8) is 0 Å². The van der Waals surface area contributed by atoms with E-state index in [2.05, 4.69) is 11.4 Å². The number of nitrogens with one attached hydrogen (secondary N) is 1. The minimum Gasteiger partial charge on any atom is -0.382 e. The summed E-state index contributed by atoms with van der Waals surface area (Å²) in [7, 11) is 0.